The summed E-state index contributed by atoms with van der Waals surface area (Å²) in [5.41, 5.74) is 3.80. The SMILES string of the molecule is Cc1c(Cl)cccc1C1=NCc2ccnn2C(Cl)=C1. The number of halogens is 2. The summed E-state index contributed by atoms with van der Waals surface area (Å²) in [6, 6.07) is 7.69. The summed E-state index contributed by atoms with van der Waals surface area (Å²) in [4.78, 5) is 4.60. The Morgan fingerprint density at radius 1 is 1.21 bits per heavy atom. The summed E-state index contributed by atoms with van der Waals surface area (Å²) in [6.07, 6.45) is 3.54. The first-order chi connectivity index (χ1) is 9.16. The number of hydrogen-bond acceptors (Lipinski definition) is 2. The highest BCUT2D eigenvalue weighted by Gasteiger charge is 2.14. The van der Waals surface area contributed by atoms with Gasteiger partial charge in [-0.3, -0.25) is 4.99 Å². The standard InChI is InChI=1S/C14H11Cl2N3/c1-9-11(3-2-4-12(9)15)13-7-14(16)19-10(8-17-13)5-6-18-19/h2-7H,8H2,1H3. The van der Waals surface area contributed by atoms with E-state index >= 15 is 0 Å². The van der Waals surface area contributed by atoms with E-state index in [0.29, 0.717) is 11.7 Å². The minimum absolute atomic E-state index is 0.538. The highest BCUT2D eigenvalue weighted by Crippen LogP contribution is 2.24. The van der Waals surface area contributed by atoms with Crippen molar-refractivity contribution in [2.24, 2.45) is 4.99 Å². The van der Waals surface area contributed by atoms with E-state index in [9.17, 15) is 0 Å². The van der Waals surface area contributed by atoms with Crippen LogP contribution in [0.25, 0.3) is 5.16 Å². The van der Waals surface area contributed by atoms with Crippen molar-refractivity contribution in [3.63, 3.8) is 0 Å². The Morgan fingerprint density at radius 3 is 2.89 bits per heavy atom. The number of aromatic nitrogens is 2. The Bertz CT molecular complexity index is 698. The number of rotatable bonds is 1. The van der Waals surface area contributed by atoms with Crippen LogP contribution in [0.4, 0.5) is 0 Å². The predicted molar refractivity (Wildman–Crippen MR) is 78.8 cm³/mol. The van der Waals surface area contributed by atoms with Gasteiger partial charge >= 0.3 is 0 Å². The number of allylic oxidation sites excluding steroid dienone is 1. The van der Waals surface area contributed by atoms with E-state index in [1.54, 1.807) is 10.9 Å². The molecule has 0 atom stereocenters. The lowest BCUT2D eigenvalue weighted by molar-refractivity contribution is 0.842. The van der Waals surface area contributed by atoms with E-state index in [2.05, 4.69) is 10.1 Å². The molecular weight excluding hydrogens is 281 g/mol. The highest BCUT2D eigenvalue weighted by molar-refractivity contribution is 6.47. The van der Waals surface area contributed by atoms with Gasteiger partial charge in [0.2, 0.25) is 0 Å². The van der Waals surface area contributed by atoms with Crippen molar-refractivity contribution in [3.05, 3.63) is 58.4 Å². The first-order valence-corrected chi connectivity index (χ1v) is 6.63. The van der Waals surface area contributed by atoms with Crippen molar-refractivity contribution in [3.8, 4) is 0 Å². The van der Waals surface area contributed by atoms with Gasteiger partial charge in [0.1, 0.15) is 5.16 Å². The van der Waals surface area contributed by atoms with Gasteiger partial charge in [0.25, 0.3) is 0 Å². The molecule has 1 aromatic carbocycles. The third-order valence-electron chi connectivity index (χ3n) is 3.13. The number of aliphatic imine (C=N–C) groups is 1. The zero-order chi connectivity index (χ0) is 13.4. The second kappa shape index (κ2) is 4.83. The van der Waals surface area contributed by atoms with Gasteiger partial charge in [-0.05, 0) is 24.6 Å². The lowest BCUT2D eigenvalue weighted by Gasteiger charge is -2.07. The molecule has 1 aliphatic rings. The molecular formula is C14H11Cl2N3. The maximum Gasteiger partial charge on any atom is 0.133 e. The smallest absolute Gasteiger partial charge is 0.133 e. The first kappa shape index (κ1) is 12.5. The van der Waals surface area contributed by atoms with Crippen LogP contribution in [0.3, 0.4) is 0 Å². The largest absolute Gasteiger partial charge is 0.278 e. The zero-order valence-corrected chi connectivity index (χ0v) is 11.8. The molecule has 1 aromatic heterocycles. The molecule has 0 saturated carbocycles. The summed E-state index contributed by atoms with van der Waals surface area (Å²) in [5.74, 6) is 0. The van der Waals surface area contributed by atoms with Crippen LogP contribution in [-0.2, 0) is 6.54 Å². The van der Waals surface area contributed by atoms with E-state index < -0.39 is 0 Å². The normalized spacial score (nSPS) is 14.5. The number of hydrogen-bond donors (Lipinski definition) is 0. The molecule has 0 saturated heterocycles. The lowest BCUT2D eigenvalue weighted by Crippen LogP contribution is -2.01. The Hall–Kier alpha value is -1.58. The predicted octanol–water partition coefficient (Wildman–Crippen LogP) is 3.89. The fourth-order valence-corrected chi connectivity index (χ4v) is 2.51. The molecule has 19 heavy (non-hydrogen) atoms. The molecule has 2 heterocycles. The fraction of sp³-hybridized carbons (Fsp3) is 0.143. The van der Waals surface area contributed by atoms with E-state index in [1.807, 2.05) is 37.3 Å². The molecule has 0 radical (unpaired) electrons. The van der Waals surface area contributed by atoms with Crippen LogP contribution in [-0.4, -0.2) is 15.5 Å². The Morgan fingerprint density at radius 2 is 2.05 bits per heavy atom. The Labute approximate surface area is 121 Å². The van der Waals surface area contributed by atoms with Gasteiger partial charge in [0.15, 0.2) is 0 Å². The minimum atomic E-state index is 0.538. The zero-order valence-electron chi connectivity index (χ0n) is 10.3. The quantitative estimate of drug-likeness (QED) is 0.784. The number of benzene rings is 1. The molecule has 3 nitrogen and oxygen atoms in total. The van der Waals surface area contributed by atoms with Crippen molar-refractivity contribution in [2.75, 3.05) is 0 Å². The van der Waals surface area contributed by atoms with Gasteiger partial charge in [-0.15, -0.1) is 0 Å². The van der Waals surface area contributed by atoms with Crippen LogP contribution < -0.4 is 0 Å². The lowest BCUT2D eigenvalue weighted by atomic mass is 10.0. The maximum atomic E-state index is 6.28. The first-order valence-electron chi connectivity index (χ1n) is 5.87. The summed E-state index contributed by atoms with van der Waals surface area (Å²) in [6.45, 7) is 2.53. The van der Waals surface area contributed by atoms with Crippen molar-refractivity contribution in [1.29, 1.82) is 0 Å². The maximum absolute atomic E-state index is 6.28. The summed E-state index contributed by atoms with van der Waals surface area (Å²) >= 11 is 12.4. The molecule has 0 bridgehead atoms. The van der Waals surface area contributed by atoms with Crippen molar-refractivity contribution in [2.45, 2.75) is 13.5 Å². The molecule has 0 aliphatic carbocycles. The molecule has 96 valence electrons. The molecule has 0 amide bonds. The third kappa shape index (κ3) is 2.20. The summed E-state index contributed by atoms with van der Waals surface area (Å²) in [5, 5.41) is 5.45. The molecule has 0 N–H and O–H groups in total. The van der Waals surface area contributed by atoms with Crippen LogP contribution in [0.5, 0.6) is 0 Å². The fourth-order valence-electron chi connectivity index (χ4n) is 2.08. The van der Waals surface area contributed by atoms with Crippen LogP contribution in [0.1, 0.15) is 16.8 Å². The number of nitrogens with zero attached hydrogens (tertiary/aromatic N) is 3. The van der Waals surface area contributed by atoms with Crippen LogP contribution in [0.15, 0.2) is 41.5 Å². The van der Waals surface area contributed by atoms with Gasteiger partial charge in [-0.2, -0.15) is 5.10 Å². The third-order valence-corrected chi connectivity index (χ3v) is 3.81. The van der Waals surface area contributed by atoms with Crippen molar-refractivity contribution < 1.29 is 0 Å². The average molecular weight is 292 g/mol. The van der Waals surface area contributed by atoms with E-state index in [0.717, 1.165) is 27.6 Å². The van der Waals surface area contributed by atoms with Gasteiger partial charge in [0, 0.05) is 22.9 Å². The van der Waals surface area contributed by atoms with Crippen LogP contribution in [0, 0.1) is 6.92 Å². The molecule has 5 heteroatoms. The van der Waals surface area contributed by atoms with Crippen molar-refractivity contribution in [1.82, 2.24) is 9.78 Å². The molecule has 3 rings (SSSR count). The van der Waals surface area contributed by atoms with Crippen LogP contribution >= 0.6 is 23.2 Å². The van der Waals surface area contributed by atoms with Gasteiger partial charge in [-0.25, -0.2) is 4.68 Å². The van der Waals surface area contributed by atoms with E-state index in [-0.39, 0.29) is 0 Å². The minimum Gasteiger partial charge on any atom is -0.278 e. The molecule has 0 unspecified atom stereocenters. The van der Waals surface area contributed by atoms with E-state index in [4.69, 9.17) is 23.2 Å². The van der Waals surface area contributed by atoms with Crippen LogP contribution in [0.2, 0.25) is 5.02 Å². The Balaban J connectivity index is 2.10. The molecule has 0 fully saturated rings. The summed E-state index contributed by atoms with van der Waals surface area (Å²) in [7, 11) is 0. The number of fused-ring (bicyclic) bond motifs is 1. The van der Waals surface area contributed by atoms with Gasteiger partial charge in [0.05, 0.1) is 18.0 Å². The summed E-state index contributed by atoms with van der Waals surface area (Å²) < 4.78 is 1.69. The highest BCUT2D eigenvalue weighted by atomic mass is 35.5. The van der Waals surface area contributed by atoms with Gasteiger partial charge in [-0.1, -0.05) is 35.3 Å². The second-order valence-corrected chi connectivity index (χ2v) is 5.11. The molecule has 2 aromatic rings. The van der Waals surface area contributed by atoms with Gasteiger partial charge < -0.3 is 0 Å². The van der Waals surface area contributed by atoms with Crippen molar-refractivity contribution >= 4 is 34.1 Å². The van der Waals surface area contributed by atoms with E-state index in [1.165, 1.54) is 0 Å². The average Bonchev–Trinajstić information content (AvgIpc) is 2.81. The monoisotopic (exact) mass is 291 g/mol. The Kier molecular flexibility index (Phi) is 3.17. The molecule has 1 aliphatic heterocycles. The molecule has 0 spiro atoms. The second-order valence-electron chi connectivity index (χ2n) is 4.32. The topological polar surface area (TPSA) is 30.2 Å².